The van der Waals surface area contributed by atoms with E-state index in [0.717, 1.165) is 14.8 Å². The average molecular weight is 484 g/mol. The molecule has 1 aliphatic rings. The van der Waals surface area contributed by atoms with Crippen LogP contribution in [-0.2, 0) is 14.8 Å². The third kappa shape index (κ3) is 4.44. The highest BCUT2D eigenvalue weighted by molar-refractivity contribution is 14.1. The predicted molar refractivity (Wildman–Crippen MR) is 110 cm³/mol. The largest absolute Gasteiger partial charge is 0.326 e. The summed E-state index contributed by atoms with van der Waals surface area (Å²) < 4.78 is 28.2. The second kappa shape index (κ2) is 8.06. The lowest BCUT2D eigenvalue weighted by atomic mass is 9.99. The van der Waals surface area contributed by atoms with Crippen LogP contribution in [0.4, 0.5) is 5.69 Å². The van der Waals surface area contributed by atoms with Gasteiger partial charge in [0.1, 0.15) is 0 Å². The van der Waals surface area contributed by atoms with Gasteiger partial charge in [-0.25, -0.2) is 8.42 Å². The number of hydrogen-bond donors (Lipinski definition) is 1. The molecule has 1 aliphatic heterocycles. The number of rotatable bonds is 4. The van der Waals surface area contributed by atoms with Crippen molar-refractivity contribution in [1.29, 1.82) is 0 Å². The van der Waals surface area contributed by atoms with E-state index >= 15 is 0 Å². The van der Waals surface area contributed by atoms with Crippen LogP contribution in [0.15, 0.2) is 53.4 Å². The molecule has 1 amide bonds. The standard InChI is InChI=1S/C19H21IN2O3S/c1-14-4-10-18(11-5-14)26(24,25)22-12-2-3-15(13-22)19(23)21-17-8-6-16(20)7-9-17/h4-11,15H,2-3,12-13H2,1H3,(H,21,23)/t15-/m1/s1. The summed E-state index contributed by atoms with van der Waals surface area (Å²) in [5.74, 6) is -0.474. The zero-order chi connectivity index (χ0) is 18.7. The van der Waals surface area contributed by atoms with E-state index in [1.807, 2.05) is 31.2 Å². The molecular weight excluding hydrogens is 463 g/mol. The van der Waals surface area contributed by atoms with Gasteiger partial charge in [0.15, 0.2) is 0 Å². The van der Waals surface area contributed by atoms with Crippen LogP contribution >= 0.6 is 22.6 Å². The lowest BCUT2D eigenvalue weighted by molar-refractivity contribution is -0.120. The molecule has 0 unspecified atom stereocenters. The van der Waals surface area contributed by atoms with Crippen molar-refractivity contribution in [3.63, 3.8) is 0 Å². The van der Waals surface area contributed by atoms with E-state index in [9.17, 15) is 13.2 Å². The second-order valence-electron chi connectivity index (χ2n) is 6.51. The van der Waals surface area contributed by atoms with Crippen molar-refractivity contribution in [3.05, 3.63) is 57.7 Å². The van der Waals surface area contributed by atoms with E-state index in [-0.39, 0.29) is 23.3 Å². The molecule has 0 aliphatic carbocycles. The highest BCUT2D eigenvalue weighted by Crippen LogP contribution is 2.25. The lowest BCUT2D eigenvalue weighted by Gasteiger charge is -2.31. The molecule has 0 aromatic heterocycles. The molecule has 1 fully saturated rings. The first-order chi connectivity index (χ1) is 12.4. The van der Waals surface area contributed by atoms with Crippen LogP contribution in [0, 0.1) is 16.4 Å². The van der Waals surface area contributed by atoms with Crippen LogP contribution in [-0.4, -0.2) is 31.7 Å². The van der Waals surface area contributed by atoms with Gasteiger partial charge in [0.2, 0.25) is 15.9 Å². The molecule has 26 heavy (non-hydrogen) atoms. The van der Waals surface area contributed by atoms with Gasteiger partial charge in [-0.15, -0.1) is 0 Å². The Morgan fingerprint density at radius 2 is 1.77 bits per heavy atom. The van der Waals surface area contributed by atoms with Crippen molar-refractivity contribution in [1.82, 2.24) is 4.31 Å². The zero-order valence-electron chi connectivity index (χ0n) is 14.5. The summed E-state index contributed by atoms with van der Waals surface area (Å²) >= 11 is 2.21. The maximum absolute atomic E-state index is 12.9. The second-order valence-corrected chi connectivity index (χ2v) is 9.69. The van der Waals surface area contributed by atoms with Gasteiger partial charge in [0.05, 0.1) is 10.8 Å². The first-order valence-electron chi connectivity index (χ1n) is 8.49. The van der Waals surface area contributed by atoms with Crippen molar-refractivity contribution >= 4 is 44.2 Å². The van der Waals surface area contributed by atoms with Gasteiger partial charge in [-0.3, -0.25) is 4.79 Å². The molecule has 7 heteroatoms. The van der Waals surface area contributed by atoms with E-state index in [0.29, 0.717) is 19.4 Å². The first-order valence-corrected chi connectivity index (χ1v) is 11.0. The summed E-state index contributed by atoms with van der Waals surface area (Å²) in [5.41, 5.74) is 1.74. The van der Waals surface area contributed by atoms with Crippen LogP contribution in [0.3, 0.4) is 0 Å². The number of aryl methyl sites for hydroxylation is 1. The minimum atomic E-state index is -3.57. The van der Waals surface area contributed by atoms with Crippen molar-refractivity contribution < 1.29 is 13.2 Å². The van der Waals surface area contributed by atoms with Crippen molar-refractivity contribution in [2.45, 2.75) is 24.7 Å². The predicted octanol–water partition coefficient (Wildman–Crippen LogP) is 3.64. The monoisotopic (exact) mass is 484 g/mol. The van der Waals surface area contributed by atoms with Crippen LogP contribution in [0.5, 0.6) is 0 Å². The fourth-order valence-corrected chi connectivity index (χ4v) is 4.89. The van der Waals surface area contributed by atoms with Crippen molar-refractivity contribution in [2.24, 2.45) is 5.92 Å². The van der Waals surface area contributed by atoms with Gasteiger partial charge in [0.25, 0.3) is 0 Å². The molecule has 0 bridgehead atoms. The number of anilines is 1. The Bertz CT molecular complexity index is 880. The van der Waals surface area contributed by atoms with E-state index in [2.05, 4.69) is 27.9 Å². The van der Waals surface area contributed by atoms with Crippen LogP contribution in [0.1, 0.15) is 18.4 Å². The average Bonchev–Trinajstić information content (AvgIpc) is 2.64. The molecule has 2 aromatic carbocycles. The van der Waals surface area contributed by atoms with Crippen LogP contribution in [0.25, 0.3) is 0 Å². The number of hydrogen-bond acceptors (Lipinski definition) is 3. The molecule has 5 nitrogen and oxygen atoms in total. The molecular formula is C19H21IN2O3S. The Kier molecular flexibility index (Phi) is 5.99. The third-order valence-corrected chi connectivity index (χ3v) is 7.12. The van der Waals surface area contributed by atoms with E-state index in [4.69, 9.17) is 0 Å². The maximum Gasteiger partial charge on any atom is 0.243 e. The number of sulfonamides is 1. The third-order valence-electron chi connectivity index (χ3n) is 4.53. The summed E-state index contributed by atoms with van der Waals surface area (Å²) in [6, 6.07) is 14.4. The summed E-state index contributed by atoms with van der Waals surface area (Å²) in [7, 11) is -3.57. The fraction of sp³-hybridized carbons (Fsp3) is 0.316. The quantitative estimate of drug-likeness (QED) is 0.675. The molecule has 2 aromatic rings. The SMILES string of the molecule is Cc1ccc(S(=O)(=O)N2CCC[C@@H](C(=O)Nc3ccc(I)cc3)C2)cc1. The number of carbonyl (C=O) groups is 1. The number of benzene rings is 2. The summed E-state index contributed by atoms with van der Waals surface area (Å²) in [4.78, 5) is 12.9. The summed E-state index contributed by atoms with van der Waals surface area (Å²) in [6.45, 7) is 2.58. The highest BCUT2D eigenvalue weighted by atomic mass is 127. The van der Waals surface area contributed by atoms with Crippen LogP contribution < -0.4 is 5.32 Å². The fourth-order valence-electron chi connectivity index (χ4n) is 3.01. The molecule has 0 saturated carbocycles. The van der Waals surface area contributed by atoms with Crippen molar-refractivity contribution in [2.75, 3.05) is 18.4 Å². The highest BCUT2D eigenvalue weighted by Gasteiger charge is 2.33. The molecule has 3 rings (SSSR count). The number of carbonyl (C=O) groups excluding carboxylic acids is 1. The minimum Gasteiger partial charge on any atom is -0.326 e. The van der Waals surface area contributed by atoms with Crippen LogP contribution in [0.2, 0.25) is 0 Å². The summed E-state index contributed by atoms with van der Waals surface area (Å²) in [5, 5.41) is 2.89. The van der Waals surface area contributed by atoms with E-state index in [1.165, 1.54) is 4.31 Å². The number of nitrogens with zero attached hydrogens (tertiary/aromatic N) is 1. The number of amides is 1. The molecule has 1 saturated heterocycles. The number of piperidine rings is 1. The Morgan fingerprint density at radius 3 is 2.42 bits per heavy atom. The van der Waals surface area contributed by atoms with Gasteiger partial charge in [-0.1, -0.05) is 17.7 Å². The van der Waals surface area contributed by atoms with Gasteiger partial charge < -0.3 is 5.32 Å². The smallest absolute Gasteiger partial charge is 0.243 e. The zero-order valence-corrected chi connectivity index (χ0v) is 17.5. The maximum atomic E-state index is 12.9. The Balaban J connectivity index is 1.71. The van der Waals surface area contributed by atoms with Gasteiger partial charge in [-0.05, 0) is 78.8 Å². The molecule has 0 spiro atoms. The van der Waals surface area contributed by atoms with E-state index in [1.54, 1.807) is 24.3 Å². The Labute approximate surface area is 168 Å². The lowest BCUT2D eigenvalue weighted by Crippen LogP contribution is -2.43. The topological polar surface area (TPSA) is 66.5 Å². The molecule has 1 heterocycles. The van der Waals surface area contributed by atoms with E-state index < -0.39 is 10.0 Å². The minimum absolute atomic E-state index is 0.130. The Hall–Kier alpha value is -1.45. The molecule has 1 N–H and O–H groups in total. The normalized spacial score (nSPS) is 18.5. The van der Waals surface area contributed by atoms with Gasteiger partial charge >= 0.3 is 0 Å². The van der Waals surface area contributed by atoms with Crippen molar-refractivity contribution in [3.8, 4) is 0 Å². The summed E-state index contributed by atoms with van der Waals surface area (Å²) in [6.07, 6.45) is 1.37. The molecule has 138 valence electrons. The van der Waals surface area contributed by atoms with Gasteiger partial charge in [-0.2, -0.15) is 4.31 Å². The number of halogens is 1. The molecule has 0 radical (unpaired) electrons. The molecule has 1 atom stereocenters. The van der Waals surface area contributed by atoms with Gasteiger partial charge in [0, 0.05) is 22.3 Å². The number of nitrogens with one attached hydrogen (secondary N) is 1. The Morgan fingerprint density at radius 1 is 1.12 bits per heavy atom. The first kappa shape index (κ1) is 19.3.